The molecule has 2 unspecified atom stereocenters. The summed E-state index contributed by atoms with van der Waals surface area (Å²) in [5, 5.41) is 3.98. The van der Waals surface area contributed by atoms with E-state index in [-0.39, 0.29) is 18.0 Å². The maximum Gasteiger partial charge on any atom is 0.251 e. The molecule has 2 aromatic heterocycles. The Kier molecular flexibility index (Phi) is 5.25. The number of rotatable bonds is 6. The second-order valence-electron chi connectivity index (χ2n) is 7.57. The van der Waals surface area contributed by atoms with Crippen LogP contribution in [0.2, 0.25) is 0 Å². The highest BCUT2D eigenvalue weighted by molar-refractivity contribution is 7.10. The fraction of sp³-hybridized carbons (Fsp3) is 0.304. The third-order valence-corrected chi connectivity index (χ3v) is 6.58. The lowest BCUT2D eigenvalue weighted by atomic mass is 10.1. The van der Waals surface area contributed by atoms with Crippen molar-refractivity contribution in [3.8, 4) is 17.2 Å². The third kappa shape index (κ3) is 3.73. The lowest BCUT2D eigenvalue weighted by molar-refractivity contribution is -0.135. The van der Waals surface area contributed by atoms with E-state index in [1.165, 1.54) is 4.88 Å². The molecular weight excluding hydrogens is 412 g/mol. The summed E-state index contributed by atoms with van der Waals surface area (Å²) in [7, 11) is 0. The summed E-state index contributed by atoms with van der Waals surface area (Å²) < 4.78 is 11.7. The second-order valence-corrected chi connectivity index (χ2v) is 8.55. The number of hydrogen-bond donors (Lipinski definition) is 1. The number of hydrogen-bond acceptors (Lipinski definition) is 7. The Morgan fingerprint density at radius 2 is 2.13 bits per heavy atom. The number of amides is 1. The van der Waals surface area contributed by atoms with Gasteiger partial charge in [0, 0.05) is 23.7 Å². The number of hydrazine groups is 1. The van der Waals surface area contributed by atoms with Crippen LogP contribution in [0.5, 0.6) is 5.75 Å². The summed E-state index contributed by atoms with van der Waals surface area (Å²) >= 11 is 1.71. The van der Waals surface area contributed by atoms with Crippen molar-refractivity contribution in [2.45, 2.75) is 38.9 Å². The first-order valence-corrected chi connectivity index (χ1v) is 11.3. The molecule has 2 aliphatic rings. The molecule has 8 heteroatoms. The topological polar surface area (TPSA) is 70.8 Å². The number of nitrogens with one attached hydrogen (secondary N) is 1. The molecule has 2 aliphatic heterocycles. The van der Waals surface area contributed by atoms with Crippen LogP contribution in [0.25, 0.3) is 11.5 Å². The molecule has 0 aliphatic carbocycles. The number of oxazole rings is 1. The van der Waals surface area contributed by atoms with Gasteiger partial charge in [0.25, 0.3) is 5.91 Å². The van der Waals surface area contributed by atoms with E-state index in [1.54, 1.807) is 16.2 Å². The largest absolute Gasteiger partial charge is 0.493 e. The van der Waals surface area contributed by atoms with Crippen molar-refractivity contribution in [1.82, 2.24) is 20.3 Å². The Labute approximate surface area is 184 Å². The number of para-hydroxylation sites is 1. The highest BCUT2D eigenvalue weighted by Gasteiger charge is 2.40. The number of thiophene rings is 1. The first-order valence-electron chi connectivity index (χ1n) is 10.4. The van der Waals surface area contributed by atoms with Gasteiger partial charge in [-0.3, -0.25) is 4.79 Å². The average molecular weight is 437 g/mol. The summed E-state index contributed by atoms with van der Waals surface area (Å²) in [5.74, 6) is 2.00. The van der Waals surface area contributed by atoms with Crippen LogP contribution in [0.1, 0.15) is 35.7 Å². The van der Waals surface area contributed by atoms with Crippen LogP contribution in [0, 0.1) is 6.92 Å². The number of ether oxygens (including phenoxy) is 1. The van der Waals surface area contributed by atoms with Crippen molar-refractivity contribution >= 4 is 17.2 Å². The van der Waals surface area contributed by atoms with Crippen LogP contribution in [-0.4, -0.2) is 33.4 Å². The van der Waals surface area contributed by atoms with Crippen molar-refractivity contribution in [3.63, 3.8) is 0 Å². The molecule has 31 heavy (non-hydrogen) atoms. The predicted molar refractivity (Wildman–Crippen MR) is 118 cm³/mol. The summed E-state index contributed by atoms with van der Waals surface area (Å²) in [6.07, 6.45) is 4.48. The standard InChI is InChI=1S/C23H24N4O3S/c1-3-29-20-8-5-4-7-16(20)22-24-18(15(2)30-22)14-26-10-11-27-19(23(26)28)13-17(25-27)21-9-6-12-31-21/h4-12,17,19,25H,3,13-14H2,1-2H3. The van der Waals surface area contributed by atoms with E-state index in [4.69, 9.17) is 14.1 Å². The molecule has 0 saturated carbocycles. The number of carbonyl (C=O) groups is 1. The van der Waals surface area contributed by atoms with Gasteiger partial charge in [-0.1, -0.05) is 18.2 Å². The zero-order valence-corrected chi connectivity index (χ0v) is 18.3. The average Bonchev–Trinajstić information content (AvgIpc) is 3.51. The van der Waals surface area contributed by atoms with Gasteiger partial charge in [-0.25, -0.2) is 10.4 Å². The Hall–Kier alpha value is -3.10. The highest BCUT2D eigenvalue weighted by Crippen LogP contribution is 2.34. The van der Waals surface area contributed by atoms with Crippen molar-refractivity contribution in [3.05, 3.63) is 70.5 Å². The van der Waals surface area contributed by atoms with Gasteiger partial charge in [-0.15, -0.1) is 11.3 Å². The van der Waals surface area contributed by atoms with E-state index in [0.29, 0.717) is 24.8 Å². The Balaban J connectivity index is 1.34. The third-order valence-electron chi connectivity index (χ3n) is 5.59. The van der Waals surface area contributed by atoms with E-state index >= 15 is 0 Å². The molecule has 0 bridgehead atoms. The number of carbonyl (C=O) groups excluding carboxylic acids is 1. The highest BCUT2D eigenvalue weighted by atomic mass is 32.1. The first kappa shape index (κ1) is 19.8. The van der Waals surface area contributed by atoms with Crippen LogP contribution in [0.15, 0.2) is 58.6 Å². The molecular formula is C23H24N4O3S. The number of benzene rings is 1. The van der Waals surface area contributed by atoms with Crippen molar-refractivity contribution in [2.24, 2.45) is 0 Å². The molecule has 0 spiro atoms. The molecule has 1 fully saturated rings. The number of fused-ring (bicyclic) bond motifs is 1. The van der Waals surface area contributed by atoms with Gasteiger partial charge in [-0.2, -0.15) is 0 Å². The SMILES string of the molecule is CCOc1ccccc1-c1nc(CN2C=CN3NC(c4cccs4)CC3C2=O)c(C)o1. The monoisotopic (exact) mass is 436 g/mol. The van der Waals surface area contributed by atoms with Gasteiger partial charge in [-0.05, 0) is 37.4 Å². The minimum Gasteiger partial charge on any atom is -0.493 e. The van der Waals surface area contributed by atoms with E-state index in [9.17, 15) is 4.79 Å². The maximum atomic E-state index is 13.2. The van der Waals surface area contributed by atoms with Crippen LogP contribution in [0.4, 0.5) is 0 Å². The molecule has 4 heterocycles. The summed E-state index contributed by atoms with van der Waals surface area (Å²) in [6.45, 7) is 4.76. The normalized spacial score (nSPS) is 20.4. The minimum atomic E-state index is -0.220. The van der Waals surface area contributed by atoms with Crippen LogP contribution in [0.3, 0.4) is 0 Å². The first-order chi connectivity index (χ1) is 15.1. The molecule has 1 amide bonds. The number of nitrogens with zero attached hydrogens (tertiary/aromatic N) is 3. The van der Waals surface area contributed by atoms with Crippen LogP contribution >= 0.6 is 11.3 Å². The zero-order chi connectivity index (χ0) is 21.4. The van der Waals surface area contributed by atoms with Crippen molar-refractivity contribution in [1.29, 1.82) is 0 Å². The van der Waals surface area contributed by atoms with E-state index in [2.05, 4.69) is 16.9 Å². The predicted octanol–water partition coefficient (Wildman–Crippen LogP) is 4.24. The summed E-state index contributed by atoms with van der Waals surface area (Å²) in [4.78, 5) is 20.8. The van der Waals surface area contributed by atoms with Gasteiger partial charge < -0.3 is 19.1 Å². The summed E-state index contributed by atoms with van der Waals surface area (Å²) in [6, 6.07) is 11.8. The van der Waals surface area contributed by atoms with Gasteiger partial charge in [0.2, 0.25) is 5.89 Å². The van der Waals surface area contributed by atoms with E-state index < -0.39 is 0 Å². The van der Waals surface area contributed by atoms with Gasteiger partial charge in [0.05, 0.1) is 24.8 Å². The Morgan fingerprint density at radius 1 is 1.26 bits per heavy atom. The van der Waals surface area contributed by atoms with Gasteiger partial charge in [0.1, 0.15) is 23.2 Å². The number of aryl methyl sites for hydroxylation is 1. The molecule has 1 N–H and O–H groups in total. The second kappa shape index (κ2) is 8.20. The Bertz CT molecular complexity index is 1110. The smallest absolute Gasteiger partial charge is 0.251 e. The van der Waals surface area contributed by atoms with E-state index in [0.717, 1.165) is 23.4 Å². The van der Waals surface area contributed by atoms with Crippen molar-refractivity contribution in [2.75, 3.05) is 6.61 Å². The molecule has 1 aromatic carbocycles. The lowest BCUT2D eigenvalue weighted by Gasteiger charge is -2.31. The zero-order valence-electron chi connectivity index (χ0n) is 17.4. The van der Waals surface area contributed by atoms with Gasteiger partial charge >= 0.3 is 0 Å². The van der Waals surface area contributed by atoms with Crippen molar-refractivity contribution < 1.29 is 13.9 Å². The summed E-state index contributed by atoms with van der Waals surface area (Å²) in [5.41, 5.74) is 4.98. The molecule has 7 nitrogen and oxygen atoms in total. The van der Waals surface area contributed by atoms with Crippen LogP contribution < -0.4 is 10.2 Å². The fourth-order valence-electron chi connectivity index (χ4n) is 4.02. The minimum absolute atomic E-state index is 0.0627. The molecule has 5 rings (SSSR count). The molecule has 0 radical (unpaired) electrons. The van der Waals surface area contributed by atoms with E-state index in [1.807, 2.05) is 61.6 Å². The van der Waals surface area contributed by atoms with Gasteiger partial charge in [0.15, 0.2) is 0 Å². The molecule has 160 valence electrons. The molecule has 1 saturated heterocycles. The molecule has 2 atom stereocenters. The maximum absolute atomic E-state index is 13.2. The van der Waals surface area contributed by atoms with Crippen LogP contribution in [-0.2, 0) is 11.3 Å². The quantitative estimate of drug-likeness (QED) is 0.623. The Morgan fingerprint density at radius 3 is 2.94 bits per heavy atom. The lowest BCUT2D eigenvalue weighted by Crippen LogP contribution is -2.47. The molecule has 3 aromatic rings. The fourth-order valence-corrected chi connectivity index (χ4v) is 4.80. The number of aromatic nitrogens is 1.